The smallest absolute Gasteiger partial charge is 0.336 e. The van der Waals surface area contributed by atoms with Crippen molar-refractivity contribution in [2.75, 3.05) is 0 Å². The van der Waals surface area contributed by atoms with Crippen LogP contribution in [0.5, 0.6) is 5.75 Å². The summed E-state index contributed by atoms with van der Waals surface area (Å²) in [7, 11) is 0. The van der Waals surface area contributed by atoms with Crippen LogP contribution in [0.1, 0.15) is 22.3 Å². The van der Waals surface area contributed by atoms with Crippen LogP contribution in [-0.2, 0) is 4.79 Å². The summed E-state index contributed by atoms with van der Waals surface area (Å²) in [6.07, 6.45) is 1.61. The van der Waals surface area contributed by atoms with Crippen LogP contribution in [0.3, 0.4) is 0 Å². The molecule has 2 aromatic rings. The lowest BCUT2D eigenvalue weighted by molar-refractivity contribution is -0.130. The van der Waals surface area contributed by atoms with Crippen molar-refractivity contribution >= 4 is 33.5 Å². The van der Waals surface area contributed by atoms with Gasteiger partial charge in [0.05, 0.1) is 10.0 Å². The molecule has 0 amide bonds. The lowest BCUT2D eigenvalue weighted by atomic mass is 9.96. The average molecular weight is 347 g/mol. The van der Waals surface area contributed by atoms with E-state index in [9.17, 15) is 15.0 Å². The summed E-state index contributed by atoms with van der Waals surface area (Å²) in [5, 5.41) is 19.0. The first-order chi connectivity index (χ1) is 9.88. The minimum absolute atomic E-state index is 0.121. The van der Waals surface area contributed by atoms with Gasteiger partial charge < -0.3 is 10.2 Å². The summed E-state index contributed by atoms with van der Waals surface area (Å²) >= 11 is 3.23. The Morgan fingerprint density at radius 1 is 1.14 bits per heavy atom. The van der Waals surface area contributed by atoms with Crippen molar-refractivity contribution in [3.63, 3.8) is 0 Å². The Morgan fingerprint density at radius 3 is 2.48 bits per heavy atom. The van der Waals surface area contributed by atoms with E-state index in [-0.39, 0.29) is 11.3 Å². The SMILES string of the molecule is Cc1ccc(C)c(/C(=C/c2ccc(O)c(Br)c2)C(=O)O)c1. The van der Waals surface area contributed by atoms with Gasteiger partial charge in [0.2, 0.25) is 0 Å². The predicted octanol–water partition coefficient (Wildman–Crippen LogP) is 4.40. The van der Waals surface area contributed by atoms with E-state index >= 15 is 0 Å². The molecule has 0 heterocycles. The highest BCUT2D eigenvalue weighted by Crippen LogP contribution is 2.28. The summed E-state index contributed by atoms with van der Waals surface area (Å²) < 4.78 is 0.530. The number of carbonyl (C=O) groups is 1. The zero-order valence-corrected chi connectivity index (χ0v) is 13.3. The fourth-order valence-electron chi connectivity index (χ4n) is 2.06. The molecule has 2 rings (SSSR count). The molecular formula is C17H15BrO3. The lowest BCUT2D eigenvalue weighted by Gasteiger charge is -2.09. The monoisotopic (exact) mass is 346 g/mol. The first kappa shape index (κ1) is 15.3. The van der Waals surface area contributed by atoms with Crippen LogP contribution in [-0.4, -0.2) is 16.2 Å². The third-order valence-electron chi connectivity index (χ3n) is 3.20. The quantitative estimate of drug-likeness (QED) is 0.639. The van der Waals surface area contributed by atoms with Gasteiger partial charge in [-0.3, -0.25) is 0 Å². The molecule has 0 saturated heterocycles. The van der Waals surface area contributed by atoms with Crippen LogP contribution in [0.2, 0.25) is 0 Å². The van der Waals surface area contributed by atoms with Crippen molar-refractivity contribution < 1.29 is 15.0 Å². The van der Waals surface area contributed by atoms with Crippen molar-refractivity contribution in [2.24, 2.45) is 0 Å². The molecule has 108 valence electrons. The maximum Gasteiger partial charge on any atom is 0.336 e. The van der Waals surface area contributed by atoms with E-state index in [1.165, 1.54) is 6.07 Å². The zero-order valence-electron chi connectivity index (χ0n) is 11.7. The van der Waals surface area contributed by atoms with E-state index in [0.29, 0.717) is 15.6 Å². The summed E-state index contributed by atoms with van der Waals surface area (Å²) in [6, 6.07) is 10.6. The third kappa shape index (κ3) is 3.52. The van der Waals surface area contributed by atoms with Crippen molar-refractivity contribution in [1.29, 1.82) is 0 Å². The van der Waals surface area contributed by atoms with E-state index in [0.717, 1.165) is 11.1 Å². The van der Waals surface area contributed by atoms with Crippen molar-refractivity contribution in [1.82, 2.24) is 0 Å². The Labute approximate surface area is 131 Å². The Morgan fingerprint density at radius 2 is 1.86 bits per heavy atom. The summed E-state index contributed by atoms with van der Waals surface area (Å²) in [6.45, 7) is 3.82. The molecule has 0 radical (unpaired) electrons. The molecule has 0 fully saturated rings. The van der Waals surface area contributed by atoms with E-state index in [2.05, 4.69) is 15.9 Å². The van der Waals surface area contributed by atoms with Crippen molar-refractivity contribution in [3.8, 4) is 5.75 Å². The predicted molar refractivity (Wildman–Crippen MR) is 87.2 cm³/mol. The number of aromatic hydroxyl groups is 1. The maximum absolute atomic E-state index is 11.6. The second-order valence-electron chi connectivity index (χ2n) is 4.89. The van der Waals surface area contributed by atoms with Crippen LogP contribution in [0.15, 0.2) is 40.9 Å². The van der Waals surface area contributed by atoms with Gasteiger partial charge >= 0.3 is 5.97 Å². The van der Waals surface area contributed by atoms with Crippen LogP contribution < -0.4 is 0 Å². The first-order valence-corrected chi connectivity index (χ1v) is 7.19. The first-order valence-electron chi connectivity index (χ1n) is 6.39. The van der Waals surface area contributed by atoms with E-state index in [4.69, 9.17) is 0 Å². The maximum atomic E-state index is 11.6. The van der Waals surface area contributed by atoms with E-state index in [1.807, 2.05) is 32.0 Å². The molecule has 0 spiro atoms. The number of aliphatic carboxylic acids is 1. The normalized spacial score (nSPS) is 11.5. The Bertz CT molecular complexity index is 733. The second kappa shape index (κ2) is 6.14. The van der Waals surface area contributed by atoms with Crippen LogP contribution in [0, 0.1) is 13.8 Å². The molecule has 4 heteroatoms. The number of phenolic OH excluding ortho intramolecular Hbond substituents is 1. The Hall–Kier alpha value is -2.07. The van der Waals surface area contributed by atoms with Gasteiger partial charge in [-0.15, -0.1) is 0 Å². The number of hydrogen-bond acceptors (Lipinski definition) is 2. The summed E-state index contributed by atoms with van der Waals surface area (Å²) in [5.74, 6) is -0.858. The molecule has 0 aliphatic carbocycles. The van der Waals surface area contributed by atoms with Gasteiger partial charge in [-0.1, -0.05) is 29.8 Å². The van der Waals surface area contributed by atoms with Crippen LogP contribution >= 0.6 is 15.9 Å². The molecule has 21 heavy (non-hydrogen) atoms. The molecule has 0 bridgehead atoms. The highest BCUT2D eigenvalue weighted by molar-refractivity contribution is 9.10. The fraction of sp³-hybridized carbons (Fsp3) is 0.118. The minimum Gasteiger partial charge on any atom is -0.507 e. The molecular weight excluding hydrogens is 332 g/mol. The molecule has 0 unspecified atom stereocenters. The number of hydrogen-bond donors (Lipinski definition) is 2. The Balaban J connectivity index is 2.57. The minimum atomic E-state index is -0.979. The number of benzene rings is 2. The largest absolute Gasteiger partial charge is 0.507 e. The molecule has 0 atom stereocenters. The molecule has 0 aliphatic heterocycles. The summed E-state index contributed by atoms with van der Waals surface area (Å²) in [5.41, 5.74) is 3.56. The van der Waals surface area contributed by atoms with Crippen LogP contribution in [0.25, 0.3) is 11.6 Å². The third-order valence-corrected chi connectivity index (χ3v) is 3.83. The molecule has 3 nitrogen and oxygen atoms in total. The molecule has 0 saturated carbocycles. The molecule has 0 aliphatic rings. The number of phenols is 1. The highest BCUT2D eigenvalue weighted by Gasteiger charge is 2.13. The van der Waals surface area contributed by atoms with E-state index < -0.39 is 5.97 Å². The number of carboxylic acid groups (broad SMARTS) is 1. The van der Waals surface area contributed by atoms with Crippen LogP contribution in [0.4, 0.5) is 0 Å². The van der Waals surface area contributed by atoms with Gasteiger partial charge in [0.15, 0.2) is 0 Å². The Kier molecular flexibility index (Phi) is 4.48. The number of aryl methyl sites for hydroxylation is 2. The second-order valence-corrected chi connectivity index (χ2v) is 5.75. The topological polar surface area (TPSA) is 57.5 Å². The lowest BCUT2D eigenvalue weighted by Crippen LogP contribution is -2.02. The van der Waals surface area contributed by atoms with Crippen molar-refractivity contribution in [2.45, 2.75) is 13.8 Å². The van der Waals surface area contributed by atoms with Gasteiger partial charge in [0.25, 0.3) is 0 Å². The molecule has 2 aromatic carbocycles. The standard InChI is InChI=1S/C17H15BrO3/c1-10-3-4-11(2)13(7-10)14(17(20)21)8-12-5-6-16(19)15(18)9-12/h3-9,19H,1-2H3,(H,20,21)/b14-8-. The number of rotatable bonds is 3. The fourth-order valence-corrected chi connectivity index (χ4v) is 2.46. The van der Waals surface area contributed by atoms with Gasteiger partial charge in [-0.2, -0.15) is 0 Å². The molecule has 0 aromatic heterocycles. The highest BCUT2D eigenvalue weighted by atomic mass is 79.9. The molecule has 2 N–H and O–H groups in total. The zero-order chi connectivity index (χ0) is 15.6. The number of carboxylic acids is 1. The average Bonchev–Trinajstić information content (AvgIpc) is 2.42. The van der Waals surface area contributed by atoms with Gasteiger partial charge in [0.1, 0.15) is 5.75 Å². The van der Waals surface area contributed by atoms with Gasteiger partial charge in [-0.05, 0) is 64.7 Å². The van der Waals surface area contributed by atoms with E-state index in [1.54, 1.807) is 18.2 Å². The van der Waals surface area contributed by atoms with Gasteiger partial charge in [0, 0.05) is 0 Å². The van der Waals surface area contributed by atoms with Gasteiger partial charge in [-0.25, -0.2) is 4.79 Å². The number of halogens is 1. The summed E-state index contributed by atoms with van der Waals surface area (Å²) in [4.78, 5) is 11.6. The van der Waals surface area contributed by atoms with Crippen molar-refractivity contribution in [3.05, 3.63) is 63.1 Å².